The van der Waals surface area contributed by atoms with E-state index in [1.165, 1.54) is 10.0 Å². The first-order valence-corrected chi connectivity index (χ1v) is 19.7. The molecule has 13 heteroatoms. The number of hydrazone groups is 2. The maximum Gasteiger partial charge on any atom is 0.342 e. The van der Waals surface area contributed by atoms with Gasteiger partial charge in [0, 0.05) is 48.3 Å². The van der Waals surface area contributed by atoms with Gasteiger partial charge < -0.3 is 10.6 Å². The summed E-state index contributed by atoms with van der Waals surface area (Å²) in [5.74, 6) is -0.0708. The zero-order valence-electron chi connectivity index (χ0n) is 30.0. The highest BCUT2D eigenvalue weighted by Crippen LogP contribution is 2.32. The highest BCUT2D eigenvalue weighted by atomic mass is 35.5. The second-order valence-electron chi connectivity index (χ2n) is 13.1. The van der Waals surface area contributed by atoms with Gasteiger partial charge in [-0.2, -0.15) is 10.2 Å². The van der Waals surface area contributed by atoms with E-state index in [9.17, 15) is 9.59 Å². The van der Waals surface area contributed by atoms with Gasteiger partial charge in [0.15, 0.2) is 0 Å². The van der Waals surface area contributed by atoms with Crippen molar-refractivity contribution in [1.82, 2.24) is 10.0 Å². The number of hydrogen-bond acceptors (Lipinski definition) is 4. The molecule has 2 heterocycles. The first-order valence-electron chi connectivity index (χ1n) is 17.8. The lowest BCUT2D eigenvalue weighted by Crippen LogP contribution is -2.30. The van der Waals surface area contributed by atoms with Crippen LogP contribution in [0, 0.1) is 0 Å². The van der Waals surface area contributed by atoms with Crippen LogP contribution in [0.5, 0.6) is 0 Å². The largest absolute Gasteiger partial charge is 0.342 e. The van der Waals surface area contributed by atoms with Gasteiger partial charge in [-0.15, -0.1) is 0 Å². The number of amides is 4. The third kappa shape index (κ3) is 10.2. The van der Waals surface area contributed by atoms with E-state index in [1.54, 1.807) is 42.5 Å². The van der Waals surface area contributed by atoms with Gasteiger partial charge in [-0.1, -0.05) is 149 Å². The number of anilines is 2. The van der Waals surface area contributed by atoms with E-state index in [0.717, 1.165) is 33.7 Å². The van der Waals surface area contributed by atoms with E-state index >= 15 is 0 Å². The second kappa shape index (κ2) is 18.3. The fraction of sp³-hybridized carbons (Fsp3) is 0.0909. The Balaban J connectivity index is 0.000000174. The number of halogens is 5. The van der Waals surface area contributed by atoms with Gasteiger partial charge in [-0.3, -0.25) is 0 Å². The van der Waals surface area contributed by atoms with Crippen molar-refractivity contribution < 1.29 is 9.59 Å². The van der Waals surface area contributed by atoms with Crippen molar-refractivity contribution in [3.63, 3.8) is 0 Å². The van der Waals surface area contributed by atoms with Crippen LogP contribution in [0.1, 0.15) is 34.1 Å². The molecule has 2 atom stereocenters. The number of urea groups is 2. The minimum absolute atomic E-state index is 0.0208. The Morgan fingerprint density at radius 3 is 1.32 bits per heavy atom. The van der Waals surface area contributed by atoms with Crippen LogP contribution in [0.4, 0.5) is 21.0 Å². The molecule has 6 aromatic rings. The van der Waals surface area contributed by atoms with Crippen molar-refractivity contribution in [3.8, 4) is 0 Å². The maximum absolute atomic E-state index is 12.8. The molecule has 2 N–H and O–H groups in total. The molecule has 6 aromatic carbocycles. The van der Waals surface area contributed by atoms with Gasteiger partial charge >= 0.3 is 12.1 Å². The summed E-state index contributed by atoms with van der Waals surface area (Å²) in [7, 11) is 0. The highest BCUT2D eigenvalue weighted by Gasteiger charge is 2.33. The number of benzene rings is 6. The van der Waals surface area contributed by atoms with Crippen LogP contribution in [0.2, 0.25) is 25.1 Å². The van der Waals surface area contributed by atoms with Gasteiger partial charge in [0.2, 0.25) is 0 Å². The molecule has 8 rings (SSSR count). The number of carbonyl (C=O) groups is 2. The van der Waals surface area contributed by atoms with Crippen molar-refractivity contribution in [2.24, 2.45) is 10.2 Å². The lowest BCUT2D eigenvalue weighted by Gasteiger charge is -2.16. The third-order valence-electron chi connectivity index (χ3n) is 9.17. The van der Waals surface area contributed by atoms with Gasteiger partial charge in [0.25, 0.3) is 0 Å². The Labute approximate surface area is 355 Å². The summed E-state index contributed by atoms with van der Waals surface area (Å²) in [4.78, 5) is 25.6. The summed E-state index contributed by atoms with van der Waals surface area (Å²) < 4.78 is 0. The topological polar surface area (TPSA) is 89.4 Å². The summed E-state index contributed by atoms with van der Waals surface area (Å²) in [5.41, 5.74) is 6.84. The average Bonchev–Trinajstić information content (AvgIpc) is 3.86. The Bertz CT molecular complexity index is 2410. The summed E-state index contributed by atoms with van der Waals surface area (Å²) in [6.45, 7) is 0.872. The molecular weight excluding hydrogens is 822 g/mol. The molecule has 0 bridgehead atoms. The first-order chi connectivity index (χ1) is 27.6. The Morgan fingerprint density at radius 2 is 0.877 bits per heavy atom. The minimum atomic E-state index is -0.353. The molecule has 4 amide bonds. The van der Waals surface area contributed by atoms with Crippen molar-refractivity contribution in [2.45, 2.75) is 11.8 Å². The lowest BCUT2D eigenvalue weighted by atomic mass is 9.91. The van der Waals surface area contributed by atoms with Crippen molar-refractivity contribution >= 4 is 92.9 Å². The molecule has 2 aliphatic rings. The quantitative estimate of drug-likeness (QED) is 0.175. The van der Waals surface area contributed by atoms with Gasteiger partial charge in [-0.25, -0.2) is 19.6 Å². The first kappa shape index (κ1) is 39.9. The van der Waals surface area contributed by atoms with Crippen molar-refractivity contribution in [2.75, 3.05) is 23.7 Å². The van der Waals surface area contributed by atoms with E-state index in [-0.39, 0.29) is 23.9 Å². The number of hydrogen-bond donors (Lipinski definition) is 2. The SMILES string of the molecule is O=C(Nc1cc(Cl)cc(Cl)c1)N1CC(c2ccccc2)C(c2ccc(Cl)cc2)=N1.O=C(Nc1cccc(Cl)c1)N1CC(c2ccccc2)C(c2ccc(Cl)cc2)=N1. The van der Waals surface area contributed by atoms with Crippen LogP contribution in [0.3, 0.4) is 0 Å². The molecular formula is C44H33Cl5N6O2. The summed E-state index contributed by atoms with van der Waals surface area (Å²) in [5, 5.41) is 20.6. The molecule has 2 aliphatic heterocycles. The lowest BCUT2D eigenvalue weighted by molar-refractivity contribution is 0.217. The van der Waals surface area contributed by atoms with Crippen molar-refractivity contribution in [3.05, 3.63) is 199 Å². The molecule has 0 saturated carbocycles. The van der Waals surface area contributed by atoms with Gasteiger partial charge in [0.05, 0.1) is 24.5 Å². The van der Waals surface area contributed by atoms with Crippen LogP contribution in [0.15, 0.2) is 162 Å². The molecule has 0 spiro atoms. The summed E-state index contributed by atoms with van der Waals surface area (Å²) in [6.07, 6.45) is 0. The van der Waals surface area contributed by atoms with E-state index in [2.05, 4.69) is 33.0 Å². The van der Waals surface area contributed by atoms with Crippen molar-refractivity contribution in [1.29, 1.82) is 0 Å². The standard InChI is InChI=1S/C22H16Cl3N3O.C22H17Cl2N3O/c23-16-8-6-15(7-9-16)21-20(14-4-2-1-3-5-14)13-28(27-21)22(29)26-19-11-17(24)10-18(25)12-19;23-17-11-9-16(10-12-17)21-20(15-5-2-1-3-6-15)14-27(26-21)22(28)25-19-8-4-7-18(24)13-19/h1-12,20H,13H2,(H,26,29);1-13,20H,14H2,(H,25,28). The summed E-state index contributed by atoms with van der Waals surface area (Å²) in [6, 6.07) is 46.3. The Morgan fingerprint density at radius 1 is 0.456 bits per heavy atom. The monoisotopic (exact) mass is 852 g/mol. The zero-order chi connectivity index (χ0) is 39.9. The Kier molecular flexibility index (Phi) is 12.8. The van der Waals surface area contributed by atoms with Gasteiger partial charge in [0.1, 0.15) is 0 Å². The Hall–Kier alpha value is -5.35. The third-order valence-corrected chi connectivity index (χ3v) is 10.3. The fourth-order valence-corrected chi connectivity index (χ4v) is 7.45. The number of carbonyl (C=O) groups excluding carboxylic acids is 2. The fourth-order valence-electron chi connectivity index (χ4n) is 6.48. The molecule has 57 heavy (non-hydrogen) atoms. The normalized spacial score (nSPS) is 15.9. The van der Waals surface area contributed by atoms with E-state index in [1.807, 2.05) is 97.1 Å². The highest BCUT2D eigenvalue weighted by molar-refractivity contribution is 6.35. The van der Waals surface area contributed by atoms with Gasteiger partial charge in [-0.05, 0) is 82.9 Å². The molecule has 0 saturated heterocycles. The zero-order valence-corrected chi connectivity index (χ0v) is 33.8. The average molecular weight is 855 g/mol. The predicted octanol–water partition coefficient (Wildman–Crippen LogP) is 12.7. The minimum Gasteiger partial charge on any atom is -0.306 e. The van der Waals surface area contributed by atoms with Crippen LogP contribution in [0.25, 0.3) is 0 Å². The van der Waals surface area contributed by atoms with Crippen LogP contribution in [-0.4, -0.2) is 46.6 Å². The van der Waals surface area contributed by atoms with E-state index < -0.39 is 0 Å². The molecule has 0 radical (unpaired) electrons. The molecule has 0 fully saturated rings. The molecule has 286 valence electrons. The van der Waals surface area contributed by atoms with Crippen LogP contribution < -0.4 is 10.6 Å². The van der Waals surface area contributed by atoms with Crippen LogP contribution >= 0.6 is 58.0 Å². The number of rotatable bonds is 6. The van der Waals surface area contributed by atoms with Crippen LogP contribution in [-0.2, 0) is 0 Å². The predicted molar refractivity (Wildman–Crippen MR) is 234 cm³/mol. The van der Waals surface area contributed by atoms with E-state index in [4.69, 9.17) is 58.0 Å². The molecule has 0 aliphatic carbocycles. The summed E-state index contributed by atoms with van der Waals surface area (Å²) >= 11 is 30.1. The molecule has 2 unspecified atom stereocenters. The smallest absolute Gasteiger partial charge is 0.306 e. The molecule has 8 nitrogen and oxygen atoms in total. The number of nitrogens with zero attached hydrogens (tertiary/aromatic N) is 4. The molecule has 0 aromatic heterocycles. The van der Waals surface area contributed by atoms with E-state index in [0.29, 0.717) is 49.6 Å². The number of nitrogens with one attached hydrogen (secondary N) is 2. The second-order valence-corrected chi connectivity index (χ2v) is 15.3. The maximum atomic E-state index is 12.8.